The van der Waals surface area contributed by atoms with Crippen molar-refractivity contribution in [2.45, 2.75) is 189 Å². The van der Waals surface area contributed by atoms with Crippen molar-refractivity contribution < 1.29 is 115 Å². The Morgan fingerprint density at radius 2 is 1.06 bits per heavy atom. The second kappa shape index (κ2) is 46.1. The fourth-order valence-electron chi connectivity index (χ4n) is 15.5. The number of ether oxygens (including phenoxy) is 1. The van der Waals surface area contributed by atoms with Gasteiger partial charge in [-0.2, -0.15) is 0 Å². The van der Waals surface area contributed by atoms with E-state index in [9.17, 15) is 63.5 Å². The molecule has 0 aliphatic carbocycles. The van der Waals surface area contributed by atoms with Crippen molar-refractivity contribution in [3.05, 3.63) is 173 Å². The number of benzene rings is 5. The number of carbonyl (C=O) groups is 15. The molecule has 3 aliphatic heterocycles. The minimum Gasteiger partial charge on any atom is -0.508 e. The van der Waals surface area contributed by atoms with E-state index in [0.29, 0.717) is 51.7 Å². The molecule has 6 aromatic rings. The second-order valence-electron chi connectivity index (χ2n) is 32.2. The summed E-state index contributed by atoms with van der Waals surface area (Å²) >= 11 is 0.908. The van der Waals surface area contributed by atoms with Gasteiger partial charge in [-0.3, -0.25) is 71.9 Å². The molecule has 13 amide bonds. The molecule has 0 unspecified atom stereocenters. The number of morpholine rings is 1. The third kappa shape index (κ3) is 26.8. The van der Waals surface area contributed by atoms with Crippen LogP contribution in [0.15, 0.2) is 128 Å². The number of aromatic nitrogens is 1. The number of nitrogens with zero attached hydrogens (tertiary/aromatic N) is 5. The van der Waals surface area contributed by atoms with Gasteiger partial charge in [0.1, 0.15) is 78.3 Å². The number of aliphatic carboxylic acids is 2. The number of hydrogen-bond donors (Lipinski definition) is 14. The number of para-hydroxylation sites is 1. The Labute approximate surface area is 734 Å². The normalized spacial score (nSPS) is 24.9. The lowest BCUT2D eigenvalue weighted by Crippen LogP contribution is -2.64. The monoisotopic (exact) mass is 1790 g/mol. The van der Waals surface area contributed by atoms with Gasteiger partial charge in [-0.1, -0.05) is 125 Å². The van der Waals surface area contributed by atoms with Gasteiger partial charge in [0.05, 0.1) is 37.9 Å². The molecule has 9 rings (SSSR count). The van der Waals surface area contributed by atoms with Crippen LogP contribution in [0.4, 0.5) is 13.2 Å². The first kappa shape index (κ1) is 98.3. The molecular formula is C88H109F3N14O21S. The summed E-state index contributed by atoms with van der Waals surface area (Å²) in [6.07, 6.45) is -4.50. The summed E-state index contributed by atoms with van der Waals surface area (Å²) in [7, 11) is 3.62. The first-order chi connectivity index (χ1) is 60.4. The molecule has 39 heteroatoms. The molecule has 0 saturated carbocycles. The molecular weight excluding hydrogens is 1680 g/mol. The predicted molar refractivity (Wildman–Crippen MR) is 455 cm³/mol. The van der Waals surface area contributed by atoms with Crippen LogP contribution in [0.2, 0.25) is 0 Å². The number of carboxylic acid groups (broad SMARTS) is 2. The van der Waals surface area contributed by atoms with Gasteiger partial charge in [-0.15, -0.1) is 11.8 Å². The van der Waals surface area contributed by atoms with Crippen molar-refractivity contribution in [1.82, 2.24) is 72.0 Å². The Morgan fingerprint density at radius 1 is 0.528 bits per heavy atom. The highest BCUT2D eigenvalue weighted by atomic mass is 32.2. The van der Waals surface area contributed by atoms with E-state index in [1.54, 1.807) is 98.0 Å². The van der Waals surface area contributed by atoms with Gasteiger partial charge in [0.15, 0.2) is 17.5 Å². The van der Waals surface area contributed by atoms with Gasteiger partial charge in [-0.25, -0.2) is 13.2 Å². The zero-order valence-electron chi connectivity index (χ0n) is 71.3. The number of hydrogen-bond acceptors (Lipinski definition) is 20. The van der Waals surface area contributed by atoms with Gasteiger partial charge < -0.3 is 102 Å². The number of carboxylic acids is 2. The highest BCUT2D eigenvalue weighted by Gasteiger charge is 2.48. The van der Waals surface area contributed by atoms with Crippen molar-refractivity contribution in [2.24, 2.45) is 5.92 Å². The molecule has 0 radical (unpaired) electrons. The summed E-state index contributed by atoms with van der Waals surface area (Å²) in [4.78, 5) is 229. The number of phenols is 1. The average Bonchev–Trinajstić information content (AvgIpc) is 1.69. The SMILES string of the molecule is CCCC[C@H]1C(=O)N2C[C@H](O)C[C@@H]2C(=O)N[C@@H](CC(=O)O)C(=O)N[C@@H](C(C)C)C(=O)N(C)[C@@H](Cc2ccccc2)C(=O)N[C@@H](CC(=O)O)C(=O)N2CCOC[C@@H]2C(=O)N[C@@H](Cc2c[nH]c3ccccc23)C(=O)N[C@@H](Cc2ccc(O)cc2)C(=O)N[C@@H](CCO)C(=O)N[C@H](C)CSCC(=O)N[C@@H](Cc2cc(F)c(F)c(F)c2)C(=O)N(C)[C@@H](Cc2ccccc2)C(=O)N1C. The van der Waals surface area contributed by atoms with Gasteiger partial charge in [0.25, 0.3) is 0 Å². The molecule has 14 N–H and O–H groups in total. The Kier molecular flexibility index (Phi) is 35.7. The van der Waals surface area contributed by atoms with E-state index in [-0.39, 0.29) is 62.2 Å². The molecule has 5 aromatic carbocycles. The lowest BCUT2D eigenvalue weighted by Gasteiger charge is -2.38. The largest absolute Gasteiger partial charge is 0.508 e. The number of rotatable bonds is 20. The second-order valence-corrected chi connectivity index (χ2v) is 33.3. The molecule has 3 fully saturated rings. The van der Waals surface area contributed by atoms with Crippen molar-refractivity contribution in [1.29, 1.82) is 0 Å². The number of aliphatic hydroxyl groups excluding tert-OH is 2. The number of aromatic amines is 1. The molecule has 127 heavy (non-hydrogen) atoms. The van der Waals surface area contributed by atoms with E-state index < -0.39 is 261 Å². The molecule has 1 aromatic heterocycles. The number of amides is 13. The smallest absolute Gasteiger partial charge is 0.305 e. The van der Waals surface area contributed by atoms with E-state index in [1.807, 2.05) is 0 Å². The maximum absolute atomic E-state index is 15.6. The lowest BCUT2D eigenvalue weighted by molar-refractivity contribution is -0.154. The summed E-state index contributed by atoms with van der Waals surface area (Å²) < 4.78 is 50.4. The number of halogens is 3. The van der Waals surface area contributed by atoms with Crippen LogP contribution >= 0.6 is 11.8 Å². The lowest BCUT2D eigenvalue weighted by atomic mass is 9.98. The van der Waals surface area contributed by atoms with Gasteiger partial charge >= 0.3 is 11.9 Å². The fraction of sp³-hybridized carbons (Fsp3) is 0.466. The van der Waals surface area contributed by atoms with Crippen LogP contribution in [0, 0.1) is 23.4 Å². The third-order valence-corrected chi connectivity index (χ3v) is 23.6. The van der Waals surface area contributed by atoms with Crippen molar-refractivity contribution in [2.75, 3.05) is 65.6 Å². The zero-order chi connectivity index (χ0) is 92.6. The van der Waals surface area contributed by atoms with Crippen LogP contribution in [-0.4, -0.2) is 294 Å². The van der Waals surface area contributed by atoms with Crippen LogP contribution in [0.25, 0.3) is 10.9 Å². The number of fused-ring (bicyclic) bond motifs is 3. The number of carbonyl (C=O) groups excluding carboxylic acids is 13. The Bertz CT molecular complexity index is 4920. The van der Waals surface area contributed by atoms with E-state index in [2.05, 4.69) is 47.5 Å². The number of likely N-dealkylation sites (N-methyl/N-ethyl adjacent to an activating group) is 3. The number of aromatic hydroxyl groups is 1. The number of phenolic OH excluding ortho intramolecular Hbond substituents is 1. The predicted octanol–water partition coefficient (Wildman–Crippen LogP) is 1.30. The molecule has 0 bridgehead atoms. The Morgan fingerprint density at radius 3 is 1.68 bits per heavy atom. The quantitative estimate of drug-likeness (QED) is 0.0479. The molecule has 3 saturated heterocycles. The molecule has 35 nitrogen and oxygen atoms in total. The number of thioether (sulfide) groups is 1. The van der Waals surface area contributed by atoms with Gasteiger partial charge in [0, 0.05) is 108 Å². The minimum absolute atomic E-state index is 0.0785. The number of unbranched alkanes of at least 4 members (excludes halogenated alkanes) is 1. The first-order valence-corrected chi connectivity index (χ1v) is 42.9. The van der Waals surface area contributed by atoms with Crippen LogP contribution < -0.4 is 42.5 Å². The molecule has 3 aliphatic rings. The van der Waals surface area contributed by atoms with Crippen LogP contribution in [-0.2, 0) is 109 Å². The third-order valence-electron chi connectivity index (χ3n) is 22.4. The minimum atomic E-state index is -2.05. The van der Waals surface area contributed by atoms with Crippen molar-refractivity contribution >= 4 is 111 Å². The van der Waals surface area contributed by atoms with Gasteiger partial charge in [-0.05, 0) is 83.8 Å². The molecule has 14 atom stereocenters. The van der Waals surface area contributed by atoms with Crippen LogP contribution in [0.5, 0.6) is 5.75 Å². The molecule has 4 heterocycles. The fourth-order valence-corrected chi connectivity index (χ4v) is 16.3. The van der Waals surface area contributed by atoms with E-state index >= 15 is 47.1 Å². The molecule has 0 spiro atoms. The summed E-state index contributed by atoms with van der Waals surface area (Å²) in [5.74, 6) is -23.5. The summed E-state index contributed by atoms with van der Waals surface area (Å²) in [6.45, 7) is 3.82. The highest BCUT2D eigenvalue weighted by Crippen LogP contribution is 2.28. The molecule has 684 valence electrons. The Hall–Kier alpha value is -12.5. The number of H-pyrrole nitrogens is 1. The standard InChI is InChI=1S/C88H109F3N14O21S/c1-8-9-24-67-87(124)105-44-56(108)40-69(105)82(119)98-64(41-73(110)111)80(117)100-76(48(2)3)88(125)102(6)68(37-50-18-12-10-13-19-50)81(118)99-66(42-74(112)113)85(122)104-30-32-126-45-71(104)83(120)97-63(39-54-43-92-60-23-17-16-22-57(54)60)79(116)96-62(35-52-25-27-55(107)28-26-52)78(115)95-61(29-31-106)77(114)93-49(4)46-127-47-72(109)94-65(36-53-33-58(89)75(91)59(90)34-53)84(121)103(7)70(86(123)101(67)5)38-51-20-14-11-15-21-51/h10-23,25-28,33-34,43,48-49,56,61-71,76,92,106-108H,8-9,24,29-32,35-42,44-47H2,1-7H3,(H,93,114)(H,94,109)(H,95,115)(H,96,116)(H,97,120)(H,98,119)(H,99,118)(H,100,117)(H,110,111)(H,112,113)/t49-,56-,61+,62+,63+,64+,65+,66+,67+,68+,69-,70+,71-,76+/m1/s1. The van der Waals surface area contributed by atoms with E-state index in [1.165, 1.54) is 66.2 Å². The summed E-state index contributed by atoms with van der Waals surface area (Å²) in [6, 6.07) is 8.50. The van der Waals surface area contributed by atoms with E-state index in [0.717, 1.165) is 36.3 Å². The summed E-state index contributed by atoms with van der Waals surface area (Å²) in [5.41, 5.74) is 1.97. The van der Waals surface area contributed by atoms with E-state index in [4.69, 9.17) is 4.74 Å². The Balaban J connectivity index is 1.10. The first-order valence-electron chi connectivity index (χ1n) is 41.7. The maximum Gasteiger partial charge on any atom is 0.305 e. The number of aliphatic hydroxyl groups is 2. The number of nitrogens with one attached hydrogen (secondary N) is 9. The van der Waals surface area contributed by atoms with Crippen molar-refractivity contribution in [3.8, 4) is 5.75 Å². The van der Waals surface area contributed by atoms with Crippen LogP contribution in [0.3, 0.4) is 0 Å². The maximum atomic E-state index is 15.6. The zero-order valence-corrected chi connectivity index (χ0v) is 72.1. The van der Waals surface area contributed by atoms with Gasteiger partial charge in [0.2, 0.25) is 76.8 Å². The summed E-state index contributed by atoms with van der Waals surface area (Å²) in [5, 5.41) is 74.1. The average molecular weight is 1790 g/mol. The topological polar surface area (TPSA) is 495 Å². The van der Waals surface area contributed by atoms with Crippen LogP contribution in [0.1, 0.15) is 100 Å². The van der Waals surface area contributed by atoms with Crippen molar-refractivity contribution in [3.63, 3.8) is 0 Å². The highest BCUT2D eigenvalue weighted by molar-refractivity contribution is 8.00.